The van der Waals surface area contributed by atoms with Crippen LogP contribution in [0.2, 0.25) is 0 Å². The summed E-state index contributed by atoms with van der Waals surface area (Å²) in [5.41, 5.74) is 0.331. The minimum absolute atomic E-state index is 0.0697. The van der Waals surface area contributed by atoms with E-state index in [0.29, 0.717) is 24.0 Å². The number of nitrogens with zero attached hydrogens (tertiary/aromatic N) is 1. The quantitative estimate of drug-likeness (QED) is 0.658. The van der Waals surface area contributed by atoms with Gasteiger partial charge in [-0.2, -0.15) is 4.99 Å². The SMILES string of the molecule is CC(F)c1ccc(O)c(C2(N=C=O)CCCC2)c1. The van der Waals surface area contributed by atoms with Crippen LogP contribution in [0.1, 0.15) is 49.9 Å². The lowest BCUT2D eigenvalue weighted by atomic mass is 9.86. The van der Waals surface area contributed by atoms with Gasteiger partial charge in [0.1, 0.15) is 17.5 Å². The third-order valence-electron chi connectivity index (χ3n) is 3.67. The van der Waals surface area contributed by atoms with Crippen LogP contribution in [0.25, 0.3) is 0 Å². The summed E-state index contributed by atoms with van der Waals surface area (Å²) in [4.78, 5) is 14.5. The van der Waals surface area contributed by atoms with Crippen LogP contribution >= 0.6 is 0 Å². The number of phenols is 1. The van der Waals surface area contributed by atoms with Gasteiger partial charge in [0.2, 0.25) is 6.08 Å². The molecule has 0 aromatic heterocycles. The number of aliphatic imine (C=N–C) groups is 1. The topological polar surface area (TPSA) is 49.7 Å². The lowest BCUT2D eigenvalue weighted by molar-refractivity contribution is 0.369. The van der Waals surface area contributed by atoms with Gasteiger partial charge in [-0.1, -0.05) is 18.9 Å². The highest BCUT2D eigenvalue weighted by molar-refractivity contribution is 5.46. The lowest BCUT2D eigenvalue weighted by Gasteiger charge is -2.24. The maximum Gasteiger partial charge on any atom is 0.235 e. The van der Waals surface area contributed by atoms with Crippen molar-refractivity contribution in [3.05, 3.63) is 29.3 Å². The van der Waals surface area contributed by atoms with Crippen molar-refractivity contribution in [2.24, 2.45) is 4.99 Å². The highest BCUT2D eigenvalue weighted by Gasteiger charge is 2.38. The van der Waals surface area contributed by atoms with Crippen LogP contribution in [-0.4, -0.2) is 11.2 Å². The second-order valence-electron chi connectivity index (χ2n) is 4.83. The molecular formula is C14H16FNO2. The fourth-order valence-corrected chi connectivity index (χ4v) is 2.66. The van der Waals surface area contributed by atoms with Crippen molar-refractivity contribution < 1.29 is 14.3 Å². The molecule has 18 heavy (non-hydrogen) atoms. The van der Waals surface area contributed by atoms with Gasteiger partial charge in [-0.3, -0.25) is 0 Å². The average molecular weight is 249 g/mol. The normalized spacial score (nSPS) is 19.2. The number of hydrogen-bond donors (Lipinski definition) is 1. The van der Waals surface area contributed by atoms with E-state index in [2.05, 4.69) is 4.99 Å². The van der Waals surface area contributed by atoms with Crippen molar-refractivity contribution in [3.63, 3.8) is 0 Å². The Morgan fingerprint density at radius 1 is 1.44 bits per heavy atom. The number of isocyanates is 1. The number of carbonyl (C=O) groups excluding carboxylic acids is 1. The van der Waals surface area contributed by atoms with Gasteiger partial charge in [0.25, 0.3) is 0 Å². The highest BCUT2D eigenvalue weighted by atomic mass is 19.1. The summed E-state index contributed by atoms with van der Waals surface area (Å²) in [7, 11) is 0. The van der Waals surface area contributed by atoms with Crippen LogP contribution in [0.15, 0.2) is 23.2 Å². The van der Waals surface area contributed by atoms with Crippen molar-refractivity contribution in [3.8, 4) is 5.75 Å². The molecule has 0 saturated heterocycles. The molecule has 0 amide bonds. The van der Waals surface area contributed by atoms with Crippen molar-refractivity contribution in [1.82, 2.24) is 0 Å². The van der Waals surface area contributed by atoms with E-state index in [4.69, 9.17) is 0 Å². The van der Waals surface area contributed by atoms with Crippen LogP contribution in [0.4, 0.5) is 4.39 Å². The van der Waals surface area contributed by atoms with Gasteiger partial charge in [0, 0.05) is 5.56 Å². The monoisotopic (exact) mass is 249 g/mol. The second-order valence-corrected chi connectivity index (χ2v) is 4.83. The van der Waals surface area contributed by atoms with Gasteiger partial charge in [-0.05, 0) is 37.5 Å². The zero-order valence-corrected chi connectivity index (χ0v) is 10.3. The van der Waals surface area contributed by atoms with Crippen molar-refractivity contribution in [1.29, 1.82) is 0 Å². The maximum atomic E-state index is 13.4. The summed E-state index contributed by atoms with van der Waals surface area (Å²) >= 11 is 0. The van der Waals surface area contributed by atoms with Crippen molar-refractivity contribution in [2.75, 3.05) is 0 Å². The van der Waals surface area contributed by atoms with Crippen molar-refractivity contribution >= 4 is 6.08 Å². The number of benzene rings is 1. The first-order chi connectivity index (χ1) is 8.59. The van der Waals surface area contributed by atoms with E-state index in [9.17, 15) is 14.3 Å². The van der Waals surface area contributed by atoms with E-state index in [1.165, 1.54) is 13.0 Å². The number of alkyl halides is 1. The zero-order valence-electron chi connectivity index (χ0n) is 10.3. The number of rotatable bonds is 3. The van der Waals surface area contributed by atoms with Crippen LogP contribution in [0.3, 0.4) is 0 Å². The Morgan fingerprint density at radius 2 is 2.11 bits per heavy atom. The summed E-state index contributed by atoms with van der Waals surface area (Å²) in [6, 6.07) is 4.64. The third kappa shape index (κ3) is 2.16. The highest BCUT2D eigenvalue weighted by Crippen LogP contribution is 2.46. The molecule has 1 N–H and O–H groups in total. The summed E-state index contributed by atoms with van der Waals surface area (Å²) in [6.07, 6.45) is 3.76. The number of aromatic hydroxyl groups is 1. The first-order valence-corrected chi connectivity index (χ1v) is 6.15. The van der Waals surface area contributed by atoms with Crippen LogP contribution in [-0.2, 0) is 10.3 Å². The molecule has 0 aliphatic heterocycles. The van der Waals surface area contributed by atoms with E-state index in [0.717, 1.165) is 12.8 Å². The molecule has 96 valence electrons. The summed E-state index contributed by atoms with van der Waals surface area (Å²) in [5.74, 6) is 0.0697. The molecular weight excluding hydrogens is 233 g/mol. The van der Waals surface area contributed by atoms with Crippen LogP contribution in [0.5, 0.6) is 5.75 Å². The van der Waals surface area contributed by atoms with Gasteiger partial charge in [-0.15, -0.1) is 0 Å². The molecule has 1 atom stereocenters. The Balaban J connectivity index is 2.53. The predicted octanol–water partition coefficient (Wildman–Crippen LogP) is 3.53. The molecule has 4 heteroatoms. The largest absolute Gasteiger partial charge is 0.508 e. The molecule has 0 spiro atoms. The van der Waals surface area contributed by atoms with Gasteiger partial charge in [0.05, 0.1) is 0 Å². The van der Waals surface area contributed by atoms with E-state index in [1.54, 1.807) is 18.2 Å². The van der Waals surface area contributed by atoms with Gasteiger partial charge < -0.3 is 5.11 Å². The van der Waals surface area contributed by atoms with Gasteiger partial charge >= 0.3 is 0 Å². The van der Waals surface area contributed by atoms with Gasteiger partial charge in [0.15, 0.2) is 0 Å². The Bertz CT molecular complexity index is 487. The van der Waals surface area contributed by atoms with Gasteiger partial charge in [-0.25, -0.2) is 9.18 Å². The molecule has 1 aromatic rings. The summed E-state index contributed by atoms with van der Waals surface area (Å²) in [6.45, 7) is 1.44. The molecule has 3 nitrogen and oxygen atoms in total. The molecule has 1 unspecified atom stereocenters. The van der Waals surface area contributed by atoms with Crippen molar-refractivity contribution in [2.45, 2.75) is 44.3 Å². The molecule has 1 aliphatic carbocycles. The fraction of sp³-hybridized carbons (Fsp3) is 0.500. The number of halogens is 1. The second kappa shape index (κ2) is 4.91. The maximum absolute atomic E-state index is 13.4. The average Bonchev–Trinajstić information content (AvgIpc) is 2.79. The molecule has 1 fully saturated rings. The molecule has 0 heterocycles. The molecule has 0 radical (unpaired) electrons. The minimum atomic E-state index is -1.11. The standard InChI is InChI=1S/C14H16FNO2/c1-10(15)11-4-5-13(18)12(8-11)14(16-9-17)6-2-3-7-14/h4-5,8,10,18H,2-3,6-7H2,1H3. The van der Waals surface area contributed by atoms with E-state index < -0.39 is 11.7 Å². The smallest absolute Gasteiger partial charge is 0.235 e. The Morgan fingerprint density at radius 3 is 2.67 bits per heavy atom. The number of phenolic OH excluding ortho intramolecular Hbond substituents is 1. The van der Waals surface area contributed by atoms with E-state index >= 15 is 0 Å². The Kier molecular flexibility index (Phi) is 3.48. The molecule has 1 saturated carbocycles. The fourth-order valence-electron chi connectivity index (χ4n) is 2.66. The molecule has 0 bridgehead atoms. The van der Waals surface area contributed by atoms with Crippen LogP contribution in [0, 0.1) is 0 Å². The summed E-state index contributed by atoms with van der Waals surface area (Å²) in [5, 5.41) is 9.96. The zero-order chi connectivity index (χ0) is 13.2. The molecule has 2 rings (SSSR count). The minimum Gasteiger partial charge on any atom is -0.508 e. The first kappa shape index (κ1) is 12.8. The molecule has 1 aromatic carbocycles. The molecule has 1 aliphatic rings. The van der Waals surface area contributed by atoms with E-state index in [1.807, 2.05) is 0 Å². The Labute approximate surface area is 105 Å². The number of hydrogen-bond acceptors (Lipinski definition) is 3. The third-order valence-corrected chi connectivity index (χ3v) is 3.67. The lowest BCUT2D eigenvalue weighted by Crippen LogP contribution is -2.19. The summed E-state index contributed by atoms with van der Waals surface area (Å²) < 4.78 is 13.4. The first-order valence-electron chi connectivity index (χ1n) is 6.15. The Hall–Kier alpha value is -1.67. The van der Waals surface area contributed by atoms with Crippen LogP contribution < -0.4 is 0 Å². The van der Waals surface area contributed by atoms with E-state index in [-0.39, 0.29) is 5.75 Å². The predicted molar refractivity (Wildman–Crippen MR) is 65.9 cm³/mol.